The number of hydrogen-bond acceptors (Lipinski definition) is 4. The Morgan fingerprint density at radius 3 is 2.76 bits per heavy atom. The SMILES string of the molecule is COc1ccccc1N(C)S(=O)(=O)c1cnn(CCCl)c1. The minimum atomic E-state index is -3.70. The van der Waals surface area contributed by atoms with Crippen LogP contribution in [0.3, 0.4) is 0 Å². The van der Waals surface area contributed by atoms with Crippen LogP contribution in [0.15, 0.2) is 41.6 Å². The number of hydrogen-bond donors (Lipinski definition) is 0. The maximum atomic E-state index is 12.6. The number of nitrogens with zero attached hydrogens (tertiary/aromatic N) is 3. The van der Waals surface area contributed by atoms with E-state index < -0.39 is 10.0 Å². The van der Waals surface area contributed by atoms with Gasteiger partial charge in [-0.15, -0.1) is 11.6 Å². The zero-order chi connectivity index (χ0) is 15.5. The van der Waals surface area contributed by atoms with E-state index in [1.54, 1.807) is 24.3 Å². The summed E-state index contributed by atoms with van der Waals surface area (Å²) in [7, 11) is -0.719. The van der Waals surface area contributed by atoms with Gasteiger partial charge in [0.1, 0.15) is 10.6 Å². The largest absolute Gasteiger partial charge is 0.495 e. The van der Waals surface area contributed by atoms with Crippen LogP contribution >= 0.6 is 11.6 Å². The van der Waals surface area contributed by atoms with Crippen molar-refractivity contribution in [3.8, 4) is 5.75 Å². The summed E-state index contributed by atoms with van der Waals surface area (Å²) >= 11 is 5.62. The number of anilines is 1. The van der Waals surface area contributed by atoms with Gasteiger partial charge in [0.15, 0.2) is 0 Å². The van der Waals surface area contributed by atoms with Crippen molar-refractivity contribution in [3.05, 3.63) is 36.7 Å². The lowest BCUT2D eigenvalue weighted by Gasteiger charge is -2.20. The Balaban J connectivity index is 2.37. The minimum Gasteiger partial charge on any atom is -0.495 e. The van der Waals surface area contributed by atoms with E-state index in [1.165, 1.54) is 35.5 Å². The number of aromatic nitrogens is 2. The molecule has 2 rings (SSSR count). The van der Waals surface area contributed by atoms with Gasteiger partial charge in [-0.2, -0.15) is 5.10 Å². The summed E-state index contributed by atoms with van der Waals surface area (Å²) in [6.45, 7) is 0.454. The fourth-order valence-electron chi connectivity index (χ4n) is 1.86. The highest BCUT2D eigenvalue weighted by atomic mass is 35.5. The topological polar surface area (TPSA) is 64.4 Å². The van der Waals surface area contributed by atoms with Crippen molar-refractivity contribution < 1.29 is 13.2 Å². The van der Waals surface area contributed by atoms with Gasteiger partial charge in [0.25, 0.3) is 10.0 Å². The number of sulfonamides is 1. The van der Waals surface area contributed by atoms with Crippen LogP contribution in [0.25, 0.3) is 0 Å². The highest BCUT2D eigenvalue weighted by molar-refractivity contribution is 7.92. The normalized spacial score (nSPS) is 11.4. The van der Waals surface area contributed by atoms with E-state index >= 15 is 0 Å². The second-order valence-corrected chi connectivity index (χ2v) is 6.62. The molecule has 0 spiro atoms. The van der Waals surface area contributed by atoms with Gasteiger partial charge in [0, 0.05) is 19.1 Å². The van der Waals surface area contributed by atoms with Crippen LogP contribution in [0.5, 0.6) is 5.75 Å². The number of ether oxygens (including phenoxy) is 1. The summed E-state index contributed by atoms with van der Waals surface area (Å²) < 4.78 is 33.1. The first kappa shape index (κ1) is 15.7. The molecule has 2 aromatic rings. The molecule has 0 atom stereocenters. The van der Waals surface area contributed by atoms with E-state index in [4.69, 9.17) is 16.3 Å². The summed E-state index contributed by atoms with van der Waals surface area (Å²) in [5.41, 5.74) is 0.463. The Morgan fingerprint density at radius 2 is 2.10 bits per heavy atom. The highest BCUT2D eigenvalue weighted by Crippen LogP contribution is 2.30. The number of methoxy groups -OCH3 is 1. The first-order valence-electron chi connectivity index (χ1n) is 6.21. The molecule has 0 bridgehead atoms. The van der Waals surface area contributed by atoms with Crippen LogP contribution in [0.4, 0.5) is 5.69 Å². The van der Waals surface area contributed by atoms with Crippen molar-refractivity contribution >= 4 is 27.3 Å². The molecule has 21 heavy (non-hydrogen) atoms. The number of alkyl halides is 1. The van der Waals surface area contributed by atoms with E-state index in [9.17, 15) is 8.42 Å². The van der Waals surface area contributed by atoms with Crippen LogP contribution in [0.2, 0.25) is 0 Å². The van der Waals surface area contributed by atoms with E-state index in [2.05, 4.69) is 5.10 Å². The molecule has 0 aliphatic carbocycles. The molecule has 114 valence electrons. The lowest BCUT2D eigenvalue weighted by molar-refractivity contribution is 0.416. The molecule has 0 saturated heterocycles. The van der Waals surface area contributed by atoms with Crippen molar-refractivity contribution in [1.29, 1.82) is 0 Å². The summed E-state index contributed by atoms with van der Waals surface area (Å²) in [5, 5.41) is 3.99. The van der Waals surface area contributed by atoms with Crippen LogP contribution in [-0.2, 0) is 16.6 Å². The molecule has 0 radical (unpaired) electrons. The summed E-state index contributed by atoms with van der Waals surface area (Å²) in [5.74, 6) is 0.848. The number of benzene rings is 1. The minimum absolute atomic E-state index is 0.112. The Hall–Kier alpha value is -1.73. The van der Waals surface area contributed by atoms with Crippen LogP contribution in [0, 0.1) is 0 Å². The van der Waals surface area contributed by atoms with Crippen molar-refractivity contribution in [3.63, 3.8) is 0 Å². The van der Waals surface area contributed by atoms with Gasteiger partial charge < -0.3 is 4.74 Å². The standard InChI is InChI=1S/C13H16ClN3O3S/c1-16(12-5-3-4-6-13(12)20-2)21(18,19)11-9-15-17(10-11)8-7-14/h3-6,9-10H,7-8H2,1-2H3. The number of rotatable bonds is 6. The summed E-state index contributed by atoms with van der Waals surface area (Å²) in [4.78, 5) is 0.112. The maximum absolute atomic E-state index is 12.6. The molecule has 1 aromatic heterocycles. The van der Waals surface area contributed by atoms with Gasteiger partial charge in [0.2, 0.25) is 0 Å². The van der Waals surface area contributed by atoms with Crippen molar-refractivity contribution in [1.82, 2.24) is 9.78 Å². The summed E-state index contributed by atoms with van der Waals surface area (Å²) in [6.07, 6.45) is 2.78. The van der Waals surface area contributed by atoms with Gasteiger partial charge in [-0.3, -0.25) is 8.99 Å². The molecule has 8 heteroatoms. The predicted molar refractivity (Wildman–Crippen MR) is 81.5 cm³/mol. The maximum Gasteiger partial charge on any atom is 0.267 e. The van der Waals surface area contributed by atoms with Crippen molar-refractivity contribution in [2.75, 3.05) is 24.3 Å². The fourth-order valence-corrected chi connectivity index (χ4v) is 3.20. The van der Waals surface area contributed by atoms with Crippen LogP contribution < -0.4 is 9.04 Å². The summed E-state index contributed by atoms with van der Waals surface area (Å²) in [6, 6.07) is 6.92. The smallest absolute Gasteiger partial charge is 0.267 e. The van der Waals surface area contributed by atoms with E-state index in [0.29, 0.717) is 23.9 Å². The van der Waals surface area contributed by atoms with Crippen LogP contribution in [-0.4, -0.2) is 38.2 Å². The third-order valence-corrected chi connectivity index (χ3v) is 4.90. The Morgan fingerprint density at radius 1 is 1.38 bits per heavy atom. The molecule has 6 nitrogen and oxygen atoms in total. The van der Waals surface area contributed by atoms with Crippen molar-refractivity contribution in [2.24, 2.45) is 0 Å². The molecule has 1 aromatic carbocycles. The van der Waals surface area contributed by atoms with Crippen molar-refractivity contribution in [2.45, 2.75) is 11.4 Å². The molecule has 0 N–H and O–H groups in total. The molecular weight excluding hydrogens is 314 g/mol. The van der Waals surface area contributed by atoms with Gasteiger partial charge >= 0.3 is 0 Å². The predicted octanol–water partition coefficient (Wildman–Crippen LogP) is 1.96. The van der Waals surface area contributed by atoms with E-state index in [1.807, 2.05) is 0 Å². The fraction of sp³-hybridized carbons (Fsp3) is 0.308. The molecule has 0 amide bonds. The van der Waals surface area contributed by atoms with Gasteiger partial charge in [-0.05, 0) is 12.1 Å². The Bertz CT molecular complexity index is 715. The van der Waals surface area contributed by atoms with Gasteiger partial charge in [-0.25, -0.2) is 8.42 Å². The average Bonchev–Trinajstić information content (AvgIpc) is 2.96. The quantitative estimate of drug-likeness (QED) is 0.760. The second-order valence-electron chi connectivity index (χ2n) is 4.27. The van der Waals surface area contributed by atoms with Gasteiger partial charge in [-0.1, -0.05) is 12.1 Å². The molecule has 0 aliphatic rings. The molecule has 1 heterocycles. The zero-order valence-corrected chi connectivity index (χ0v) is 13.3. The third-order valence-electron chi connectivity index (χ3n) is 3.01. The average molecular weight is 330 g/mol. The second kappa shape index (κ2) is 6.36. The monoisotopic (exact) mass is 329 g/mol. The lowest BCUT2D eigenvalue weighted by Crippen LogP contribution is -2.26. The third kappa shape index (κ3) is 3.14. The number of aryl methyl sites for hydroxylation is 1. The highest BCUT2D eigenvalue weighted by Gasteiger charge is 2.25. The number of halogens is 1. The van der Waals surface area contributed by atoms with E-state index in [0.717, 1.165) is 0 Å². The Labute approximate surface area is 128 Å². The molecular formula is C13H16ClN3O3S. The van der Waals surface area contributed by atoms with E-state index in [-0.39, 0.29) is 4.90 Å². The first-order chi connectivity index (χ1) is 10.0. The molecule has 0 saturated carbocycles. The molecule has 0 aliphatic heterocycles. The Kier molecular flexibility index (Phi) is 4.74. The van der Waals surface area contributed by atoms with Crippen LogP contribution in [0.1, 0.15) is 0 Å². The zero-order valence-electron chi connectivity index (χ0n) is 11.7. The first-order valence-corrected chi connectivity index (χ1v) is 8.18. The molecule has 0 unspecified atom stereocenters. The molecule has 0 fully saturated rings. The van der Waals surface area contributed by atoms with Gasteiger partial charge in [0.05, 0.1) is 25.5 Å². The number of para-hydroxylation sites is 2. The lowest BCUT2D eigenvalue weighted by atomic mass is 10.3.